The van der Waals surface area contributed by atoms with Gasteiger partial charge in [-0.25, -0.2) is 9.36 Å². The molecule has 0 bridgehead atoms. The highest BCUT2D eigenvalue weighted by Crippen LogP contribution is 2.28. The van der Waals surface area contributed by atoms with Crippen LogP contribution in [0.4, 0.5) is 0 Å². The van der Waals surface area contributed by atoms with Gasteiger partial charge in [-0.3, -0.25) is 0 Å². The summed E-state index contributed by atoms with van der Waals surface area (Å²) in [5.41, 5.74) is 10.9. The van der Waals surface area contributed by atoms with Crippen LogP contribution in [0.15, 0.2) is 97.3 Å². The molecule has 2 N–H and O–H groups in total. The predicted octanol–water partition coefficient (Wildman–Crippen LogP) is 6.24. The van der Waals surface area contributed by atoms with Crippen LogP contribution in [0.5, 0.6) is 11.5 Å². The monoisotopic (exact) mass is 559 g/mol. The topological polar surface area (TPSA) is 106 Å². The summed E-state index contributed by atoms with van der Waals surface area (Å²) in [5, 5.41) is 19.8. The molecule has 6 aromatic rings. The van der Waals surface area contributed by atoms with Crippen molar-refractivity contribution in [2.75, 3.05) is 19.8 Å². The molecule has 9 heteroatoms. The Kier molecular flexibility index (Phi) is 8.19. The zero-order chi connectivity index (χ0) is 28.7. The maximum atomic E-state index is 5.86. The molecule has 0 aliphatic rings. The van der Waals surface area contributed by atoms with E-state index in [0.29, 0.717) is 19.8 Å². The summed E-state index contributed by atoms with van der Waals surface area (Å²) in [5.74, 6) is 1.61. The molecule has 0 aliphatic carbocycles. The Labute approximate surface area is 244 Å². The maximum absolute atomic E-state index is 5.86. The summed E-state index contributed by atoms with van der Waals surface area (Å²) in [6.45, 7) is 4.04. The maximum Gasteiger partial charge on any atom is 0.121 e. The fourth-order valence-electron chi connectivity index (χ4n) is 4.65. The Hall–Kier alpha value is -5.02. The summed E-state index contributed by atoms with van der Waals surface area (Å²) in [6.07, 6.45) is 6.80. The number of nitrogens with two attached hydrogens (primary N) is 1. The second-order valence-electron chi connectivity index (χ2n) is 10.1. The predicted molar refractivity (Wildman–Crippen MR) is 164 cm³/mol. The molecule has 0 amide bonds. The van der Waals surface area contributed by atoms with Gasteiger partial charge < -0.3 is 15.2 Å². The van der Waals surface area contributed by atoms with E-state index in [2.05, 4.69) is 63.9 Å². The molecule has 2 aromatic heterocycles. The third-order valence-corrected chi connectivity index (χ3v) is 6.97. The van der Waals surface area contributed by atoms with E-state index in [0.717, 1.165) is 75.4 Å². The molecule has 0 fully saturated rings. The normalized spacial score (nSPS) is 11.2. The minimum Gasteiger partial charge on any atom is -0.494 e. The van der Waals surface area contributed by atoms with Crippen molar-refractivity contribution in [2.24, 2.45) is 5.73 Å². The fraction of sp³-hybridized carbons (Fsp3) is 0.212. The summed E-state index contributed by atoms with van der Waals surface area (Å²) < 4.78 is 15.2. The molecule has 0 radical (unpaired) electrons. The van der Waals surface area contributed by atoms with Gasteiger partial charge in [0.2, 0.25) is 0 Å². The van der Waals surface area contributed by atoms with E-state index >= 15 is 0 Å². The van der Waals surface area contributed by atoms with Gasteiger partial charge in [-0.2, -0.15) is 0 Å². The first kappa shape index (κ1) is 27.2. The van der Waals surface area contributed by atoms with E-state index in [1.807, 2.05) is 60.9 Å². The summed E-state index contributed by atoms with van der Waals surface area (Å²) in [4.78, 5) is 0. The standard InChI is InChI=1S/C33H33N7O2/c1-2-3-16-41-30-9-4-7-28(20-30)39-22-32(35-37-39)25-13-11-24-12-14-26(19-27(24)18-25)33-23-40(38-36-33)29-8-5-10-31(21-29)42-17-6-15-34/h4-5,7-14,18-23H,2-3,6,15-17,34H2,1H3. The van der Waals surface area contributed by atoms with Crippen LogP contribution in [0.2, 0.25) is 0 Å². The number of hydrogen-bond donors (Lipinski definition) is 1. The van der Waals surface area contributed by atoms with Crippen LogP contribution in [0, 0.1) is 0 Å². The van der Waals surface area contributed by atoms with Crippen molar-refractivity contribution < 1.29 is 9.47 Å². The molecule has 0 atom stereocenters. The first-order valence-electron chi connectivity index (χ1n) is 14.3. The number of aromatic nitrogens is 6. The molecule has 0 saturated carbocycles. The fourth-order valence-corrected chi connectivity index (χ4v) is 4.65. The molecule has 9 nitrogen and oxygen atoms in total. The van der Waals surface area contributed by atoms with Gasteiger partial charge in [0.1, 0.15) is 22.9 Å². The van der Waals surface area contributed by atoms with E-state index in [-0.39, 0.29) is 0 Å². The third kappa shape index (κ3) is 6.16. The summed E-state index contributed by atoms with van der Waals surface area (Å²) >= 11 is 0. The molecule has 2 heterocycles. The van der Waals surface area contributed by atoms with Gasteiger partial charge in [0.25, 0.3) is 0 Å². The van der Waals surface area contributed by atoms with Crippen LogP contribution >= 0.6 is 0 Å². The van der Waals surface area contributed by atoms with Crippen molar-refractivity contribution in [3.8, 4) is 45.4 Å². The molecule has 0 saturated heterocycles. The summed E-state index contributed by atoms with van der Waals surface area (Å²) in [6, 6.07) is 28.3. The molecule has 6 rings (SSSR count). The van der Waals surface area contributed by atoms with Crippen LogP contribution in [0.1, 0.15) is 26.2 Å². The van der Waals surface area contributed by atoms with Crippen molar-refractivity contribution in [3.05, 3.63) is 97.3 Å². The minimum absolute atomic E-state index is 0.583. The van der Waals surface area contributed by atoms with Crippen LogP contribution < -0.4 is 15.2 Å². The van der Waals surface area contributed by atoms with Gasteiger partial charge in [-0.05, 0) is 66.6 Å². The van der Waals surface area contributed by atoms with Gasteiger partial charge in [0.05, 0.1) is 37.0 Å². The number of ether oxygens (including phenoxy) is 2. The van der Waals surface area contributed by atoms with Gasteiger partial charge in [0.15, 0.2) is 0 Å². The van der Waals surface area contributed by atoms with Crippen LogP contribution in [0.25, 0.3) is 44.7 Å². The number of benzene rings is 4. The second-order valence-corrected chi connectivity index (χ2v) is 10.1. The molecule has 212 valence electrons. The number of fused-ring (bicyclic) bond motifs is 1. The van der Waals surface area contributed by atoms with Gasteiger partial charge in [-0.1, -0.05) is 60.2 Å². The lowest BCUT2D eigenvalue weighted by Gasteiger charge is -2.07. The average Bonchev–Trinajstić information content (AvgIpc) is 3.73. The lowest BCUT2D eigenvalue weighted by atomic mass is 10.0. The Morgan fingerprint density at radius 3 is 1.71 bits per heavy atom. The zero-order valence-electron chi connectivity index (χ0n) is 23.6. The van der Waals surface area contributed by atoms with Gasteiger partial charge >= 0.3 is 0 Å². The van der Waals surface area contributed by atoms with Crippen LogP contribution in [-0.4, -0.2) is 49.7 Å². The Balaban J connectivity index is 1.22. The highest BCUT2D eigenvalue weighted by atomic mass is 16.5. The summed E-state index contributed by atoms with van der Waals surface area (Å²) in [7, 11) is 0. The van der Waals surface area contributed by atoms with Crippen LogP contribution in [-0.2, 0) is 0 Å². The lowest BCUT2D eigenvalue weighted by molar-refractivity contribution is 0.309. The van der Waals surface area contributed by atoms with Crippen molar-refractivity contribution in [2.45, 2.75) is 26.2 Å². The number of nitrogens with zero attached hydrogens (tertiary/aromatic N) is 6. The zero-order valence-corrected chi connectivity index (χ0v) is 23.6. The van der Waals surface area contributed by atoms with Crippen molar-refractivity contribution in [3.63, 3.8) is 0 Å². The molecule has 0 unspecified atom stereocenters. The Bertz CT molecular complexity index is 1670. The van der Waals surface area contributed by atoms with Crippen molar-refractivity contribution >= 4 is 10.8 Å². The van der Waals surface area contributed by atoms with Crippen molar-refractivity contribution in [1.82, 2.24) is 30.0 Å². The Morgan fingerprint density at radius 1 is 0.643 bits per heavy atom. The van der Waals surface area contributed by atoms with E-state index in [4.69, 9.17) is 15.2 Å². The quantitative estimate of drug-likeness (QED) is 0.177. The molecule has 0 aliphatic heterocycles. The van der Waals surface area contributed by atoms with E-state index in [9.17, 15) is 0 Å². The van der Waals surface area contributed by atoms with E-state index in [1.54, 1.807) is 9.36 Å². The molecule has 4 aromatic carbocycles. The molecule has 42 heavy (non-hydrogen) atoms. The number of unbranched alkanes of at least 4 members (excludes halogenated alkanes) is 1. The lowest BCUT2D eigenvalue weighted by Crippen LogP contribution is -2.06. The number of hydrogen-bond acceptors (Lipinski definition) is 7. The SMILES string of the molecule is CCCCOc1cccc(-n2cc(-c3ccc4ccc(-c5cn(-c6cccc(OCCCN)c6)nn5)cc4c3)nn2)c1. The molecule has 0 spiro atoms. The smallest absolute Gasteiger partial charge is 0.121 e. The first-order valence-corrected chi connectivity index (χ1v) is 14.3. The third-order valence-electron chi connectivity index (χ3n) is 6.97. The van der Waals surface area contributed by atoms with Crippen molar-refractivity contribution in [1.29, 1.82) is 0 Å². The van der Waals surface area contributed by atoms with Gasteiger partial charge in [-0.15, -0.1) is 10.2 Å². The van der Waals surface area contributed by atoms with Gasteiger partial charge in [0, 0.05) is 23.3 Å². The van der Waals surface area contributed by atoms with E-state index < -0.39 is 0 Å². The second kappa shape index (κ2) is 12.7. The highest BCUT2D eigenvalue weighted by molar-refractivity contribution is 5.90. The first-order chi connectivity index (χ1) is 20.7. The molecular weight excluding hydrogens is 526 g/mol. The molecular formula is C33H33N7O2. The minimum atomic E-state index is 0.583. The largest absolute Gasteiger partial charge is 0.494 e. The highest BCUT2D eigenvalue weighted by Gasteiger charge is 2.10. The van der Waals surface area contributed by atoms with Crippen LogP contribution in [0.3, 0.4) is 0 Å². The van der Waals surface area contributed by atoms with E-state index in [1.165, 1.54) is 0 Å². The average molecular weight is 560 g/mol. The number of rotatable bonds is 12. The Morgan fingerprint density at radius 2 is 1.19 bits per heavy atom.